The molecule has 0 spiro atoms. The standard InChI is InChI=1S/C23H25FN4OS/c1-3-13-28-21(17-6-4-5-15(2)14-17)26-27-23(28)30-20(22(29)25-19-11-12-19)16-7-9-18(24)10-8-16/h4-10,14,19-20H,3,11-13H2,1-2H3,(H,25,29). The first-order chi connectivity index (χ1) is 14.5. The molecule has 0 saturated heterocycles. The van der Waals surface area contributed by atoms with Crippen molar-refractivity contribution in [2.24, 2.45) is 0 Å². The molecule has 156 valence electrons. The number of nitrogens with zero attached hydrogens (tertiary/aromatic N) is 3. The maximum atomic E-state index is 13.5. The fourth-order valence-electron chi connectivity index (χ4n) is 3.32. The van der Waals surface area contributed by atoms with Gasteiger partial charge in [-0.25, -0.2) is 4.39 Å². The van der Waals surface area contributed by atoms with Crippen LogP contribution >= 0.6 is 11.8 Å². The zero-order valence-corrected chi connectivity index (χ0v) is 18.0. The van der Waals surface area contributed by atoms with Crippen molar-refractivity contribution in [2.45, 2.75) is 56.1 Å². The van der Waals surface area contributed by atoms with Crippen LogP contribution in [0.4, 0.5) is 4.39 Å². The number of halogens is 1. The zero-order chi connectivity index (χ0) is 21.1. The number of rotatable bonds is 8. The molecule has 4 rings (SSSR count). The SMILES string of the molecule is CCCn1c(SC(C(=O)NC2CC2)c2ccc(F)cc2)nnc1-c1cccc(C)c1. The molecule has 30 heavy (non-hydrogen) atoms. The van der Waals surface area contributed by atoms with Crippen LogP contribution in [0.5, 0.6) is 0 Å². The molecule has 0 bridgehead atoms. The van der Waals surface area contributed by atoms with Crippen LogP contribution in [-0.2, 0) is 11.3 Å². The molecule has 1 N–H and O–H groups in total. The summed E-state index contributed by atoms with van der Waals surface area (Å²) in [5.41, 5.74) is 2.91. The van der Waals surface area contributed by atoms with Gasteiger partial charge in [0, 0.05) is 18.2 Å². The van der Waals surface area contributed by atoms with E-state index in [2.05, 4.69) is 33.1 Å². The van der Waals surface area contributed by atoms with Gasteiger partial charge in [-0.05, 0) is 49.9 Å². The van der Waals surface area contributed by atoms with E-state index >= 15 is 0 Å². The molecule has 7 heteroatoms. The van der Waals surface area contributed by atoms with E-state index in [0.717, 1.165) is 48.3 Å². The van der Waals surface area contributed by atoms with Gasteiger partial charge in [0.1, 0.15) is 11.1 Å². The van der Waals surface area contributed by atoms with E-state index in [4.69, 9.17) is 0 Å². The van der Waals surface area contributed by atoms with E-state index in [-0.39, 0.29) is 17.8 Å². The lowest BCUT2D eigenvalue weighted by atomic mass is 10.1. The van der Waals surface area contributed by atoms with Crippen molar-refractivity contribution in [3.05, 3.63) is 65.5 Å². The smallest absolute Gasteiger partial charge is 0.238 e. The number of hydrogen-bond acceptors (Lipinski definition) is 4. The fraction of sp³-hybridized carbons (Fsp3) is 0.348. The second kappa shape index (κ2) is 9.00. The van der Waals surface area contributed by atoms with Crippen LogP contribution in [0.15, 0.2) is 53.7 Å². The highest BCUT2D eigenvalue weighted by Gasteiger charge is 2.30. The van der Waals surface area contributed by atoms with Crippen molar-refractivity contribution in [1.82, 2.24) is 20.1 Å². The molecule has 1 fully saturated rings. The minimum atomic E-state index is -0.517. The lowest BCUT2D eigenvalue weighted by Gasteiger charge is -2.17. The Bertz CT molecular complexity index is 1030. The summed E-state index contributed by atoms with van der Waals surface area (Å²) in [4.78, 5) is 13.0. The second-order valence-corrected chi connectivity index (χ2v) is 8.73. The number of aryl methyl sites for hydroxylation is 1. The Morgan fingerprint density at radius 3 is 2.67 bits per heavy atom. The van der Waals surface area contributed by atoms with E-state index in [1.54, 1.807) is 12.1 Å². The Morgan fingerprint density at radius 2 is 2.00 bits per heavy atom. The third kappa shape index (κ3) is 4.73. The average Bonchev–Trinajstić information content (AvgIpc) is 3.46. The largest absolute Gasteiger partial charge is 0.352 e. The quantitative estimate of drug-likeness (QED) is 0.522. The fourth-order valence-corrected chi connectivity index (χ4v) is 4.39. The first-order valence-electron chi connectivity index (χ1n) is 10.3. The van der Waals surface area contributed by atoms with Gasteiger partial charge in [-0.15, -0.1) is 10.2 Å². The van der Waals surface area contributed by atoms with Crippen LogP contribution in [0.25, 0.3) is 11.4 Å². The number of carbonyl (C=O) groups is 1. The predicted octanol–water partition coefficient (Wildman–Crippen LogP) is 4.91. The number of aromatic nitrogens is 3. The Kier molecular flexibility index (Phi) is 6.18. The summed E-state index contributed by atoms with van der Waals surface area (Å²) in [6, 6.07) is 14.5. The number of amides is 1. The molecule has 1 aliphatic rings. The average molecular weight is 425 g/mol. The molecular weight excluding hydrogens is 399 g/mol. The van der Waals surface area contributed by atoms with Gasteiger partial charge in [-0.2, -0.15) is 0 Å². The molecule has 5 nitrogen and oxygen atoms in total. The van der Waals surface area contributed by atoms with Crippen LogP contribution in [0, 0.1) is 12.7 Å². The van der Waals surface area contributed by atoms with Crippen LogP contribution in [0.3, 0.4) is 0 Å². The Hall–Kier alpha value is -2.67. The number of benzene rings is 2. The molecule has 1 aromatic heterocycles. The summed E-state index contributed by atoms with van der Waals surface area (Å²) >= 11 is 1.37. The van der Waals surface area contributed by atoms with Gasteiger partial charge in [0.25, 0.3) is 0 Å². The molecular formula is C23H25FN4OS. The third-order valence-electron chi connectivity index (χ3n) is 5.00. The van der Waals surface area contributed by atoms with Gasteiger partial charge in [0.2, 0.25) is 5.91 Å². The van der Waals surface area contributed by atoms with Gasteiger partial charge < -0.3 is 9.88 Å². The second-order valence-electron chi connectivity index (χ2n) is 7.66. The summed E-state index contributed by atoms with van der Waals surface area (Å²) in [6.07, 6.45) is 2.94. The topological polar surface area (TPSA) is 59.8 Å². The predicted molar refractivity (Wildman–Crippen MR) is 117 cm³/mol. The van der Waals surface area contributed by atoms with Gasteiger partial charge in [0.05, 0.1) is 0 Å². The minimum absolute atomic E-state index is 0.0720. The van der Waals surface area contributed by atoms with E-state index in [0.29, 0.717) is 5.16 Å². The molecule has 1 unspecified atom stereocenters. The maximum Gasteiger partial charge on any atom is 0.238 e. The summed E-state index contributed by atoms with van der Waals surface area (Å²) in [7, 11) is 0. The number of thioether (sulfide) groups is 1. The van der Waals surface area contributed by atoms with Crippen LogP contribution < -0.4 is 5.32 Å². The molecule has 0 radical (unpaired) electrons. The maximum absolute atomic E-state index is 13.5. The van der Waals surface area contributed by atoms with Gasteiger partial charge in [0.15, 0.2) is 11.0 Å². The zero-order valence-electron chi connectivity index (χ0n) is 17.1. The first kappa shape index (κ1) is 20.6. The lowest BCUT2D eigenvalue weighted by molar-refractivity contribution is -0.120. The summed E-state index contributed by atoms with van der Waals surface area (Å²) < 4.78 is 15.5. The first-order valence-corrected chi connectivity index (χ1v) is 11.2. The molecule has 1 amide bonds. The highest BCUT2D eigenvalue weighted by molar-refractivity contribution is 8.00. The highest BCUT2D eigenvalue weighted by atomic mass is 32.2. The van der Waals surface area contributed by atoms with E-state index in [9.17, 15) is 9.18 Å². The number of carbonyl (C=O) groups excluding carboxylic acids is 1. The molecule has 0 aliphatic heterocycles. The highest BCUT2D eigenvalue weighted by Crippen LogP contribution is 2.37. The Balaban J connectivity index is 1.68. The van der Waals surface area contributed by atoms with Crippen LogP contribution in [0.1, 0.15) is 42.6 Å². The molecule has 1 atom stereocenters. The Morgan fingerprint density at radius 1 is 1.23 bits per heavy atom. The van der Waals surface area contributed by atoms with E-state index < -0.39 is 5.25 Å². The summed E-state index contributed by atoms with van der Waals surface area (Å²) in [5.74, 6) is 0.404. The third-order valence-corrected chi connectivity index (χ3v) is 6.23. The van der Waals surface area contributed by atoms with Crippen molar-refractivity contribution >= 4 is 17.7 Å². The van der Waals surface area contributed by atoms with Crippen molar-refractivity contribution in [3.63, 3.8) is 0 Å². The van der Waals surface area contributed by atoms with E-state index in [1.165, 1.54) is 23.9 Å². The van der Waals surface area contributed by atoms with Crippen LogP contribution in [0.2, 0.25) is 0 Å². The van der Waals surface area contributed by atoms with E-state index in [1.807, 2.05) is 25.1 Å². The Labute approximate surface area is 180 Å². The van der Waals surface area contributed by atoms with Gasteiger partial charge in [-0.3, -0.25) is 4.79 Å². The van der Waals surface area contributed by atoms with Crippen molar-refractivity contribution in [1.29, 1.82) is 0 Å². The summed E-state index contributed by atoms with van der Waals surface area (Å²) in [5, 5.41) is 12.1. The molecule has 1 aliphatic carbocycles. The molecule has 1 saturated carbocycles. The minimum Gasteiger partial charge on any atom is -0.352 e. The monoisotopic (exact) mass is 424 g/mol. The number of hydrogen-bond donors (Lipinski definition) is 1. The van der Waals surface area contributed by atoms with Crippen LogP contribution in [-0.4, -0.2) is 26.7 Å². The molecule has 1 heterocycles. The molecule has 2 aromatic carbocycles. The van der Waals surface area contributed by atoms with Gasteiger partial charge >= 0.3 is 0 Å². The molecule has 3 aromatic rings. The van der Waals surface area contributed by atoms with Gasteiger partial charge in [-0.1, -0.05) is 54.6 Å². The summed E-state index contributed by atoms with van der Waals surface area (Å²) in [6.45, 7) is 4.90. The number of nitrogens with one attached hydrogen (secondary N) is 1. The van der Waals surface area contributed by atoms with Crippen molar-refractivity contribution in [3.8, 4) is 11.4 Å². The van der Waals surface area contributed by atoms with Crippen molar-refractivity contribution < 1.29 is 9.18 Å². The lowest BCUT2D eigenvalue weighted by Crippen LogP contribution is -2.30. The normalized spacial score (nSPS) is 14.5. The van der Waals surface area contributed by atoms with Crippen molar-refractivity contribution in [2.75, 3.05) is 0 Å².